The lowest BCUT2D eigenvalue weighted by Crippen LogP contribution is -2.05. The number of hydrogen-bond acceptors (Lipinski definition) is 4. The molecule has 30 heavy (non-hydrogen) atoms. The number of benzene rings is 2. The highest BCUT2D eigenvalue weighted by molar-refractivity contribution is 7.91. The fourth-order valence-electron chi connectivity index (χ4n) is 3.33. The van der Waals surface area contributed by atoms with Crippen molar-refractivity contribution in [3.8, 4) is 0 Å². The first-order valence-electron chi connectivity index (χ1n) is 9.41. The molecule has 152 valence electrons. The first kappa shape index (κ1) is 20.3. The molecule has 0 unspecified atom stereocenters. The van der Waals surface area contributed by atoms with E-state index in [-0.39, 0.29) is 15.6 Å². The second-order valence-electron chi connectivity index (χ2n) is 7.04. The summed E-state index contributed by atoms with van der Waals surface area (Å²) in [5, 5.41) is 0.417. The van der Waals surface area contributed by atoms with Gasteiger partial charge in [-0.25, -0.2) is 13.4 Å². The van der Waals surface area contributed by atoms with Gasteiger partial charge in [0.2, 0.25) is 9.84 Å². The number of rotatable bonds is 6. The molecule has 2 aromatic carbocycles. The summed E-state index contributed by atoms with van der Waals surface area (Å²) in [5.74, 6) is 0.0249. The minimum atomic E-state index is -3.66. The highest BCUT2D eigenvalue weighted by Crippen LogP contribution is 2.28. The molecule has 4 aromatic rings. The van der Waals surface area contributed by atoms with E-state index < -0.39 is 9.84 Å². The van der Waals surface area contributed by atoms with Crippen molar-refractivity contribution < 1.29 is 13.2 Å². The Morgan fingerprint density at radius 2 is 1.83 bits per heavy atom. The van der Waals surface area contributed by atoms with Gasteiger partial charge in [-0.1, -0.05) is 29.8 Å². The largest absolute Gasteiger partial charge is 0.306 e. The lowest BCUT2D eigenvalue weighted by Gasteiger charge is -2.10. The van der Waals surface area contributed by atoms with Gasteiger partial charge in [0, 0.05) is 35.6 Å². The van der Waals surface area contributed by atoms with Crippen LogP contribution in [-0.4, -0.2) is 23.6 Å². The molecule has 2 heterocycles. The van der Waals surface area contributed by atoms with Gasteiger partial charge in [0.05, 0.1) is 9.79 Å². The number of aromatic nitrogens is 2. The van der Waals surface area contributed by atoms with Crippen LogP contribution in [0.3, 0.4) is 0 Å². The van der Waals surface area contributed by atoms with E-state index in [2.05, 4.69) is 4.98 Å². The summed E-state index contributed by atoms with van der Waals surface area (Å²) in [6.07, 6.45) is 6.11. The van der Waals surface area contributed by atoms with Crippen LogP contribution in [0.15, 0.2) is 83.0 Å². The summed E-state index contributed by atoms with van der Waals surface area (Å²) >= 11 is 6.08. The van der Waals surface area contributed by atoms with Gasteiger partial charge >= 0.3 is 0 Å². The molecule has 4 rings (SSSR count). The number of aryl methyl sites for hydroxylation is 1. The molecule has 2 aromatic heterocycles. The lowest BCUT2D eigenvalue weighted by molar-refractivity contribution is 0.0982. The number of hydrogen-bond donors (Lipinski definition) is 0. The van der Waals surface area contributed by atoms with Gasteiger partial charge in [0.1, 0.15) is 5.65 Å². The molecule has 0 aliphatic rings. The SMILES string of the molecule is Cc1c(Cl)cccc1S(=O)(=O)c1ccc(CCC(=O)c2ccc3nccn3c2)cc1. The predicted octanol–water partition coefficient (Wildman–Crippen LogP) is 4.94. The van der Waals surface area contributed by atoms with E-state index in [0.717, 1.165) is 11.2 Å². The third-order valence-electron chi connectivity index (χ3n) is 5.09. The fraction of sp³-hybridized carbons (Fsp3) is 0.130. The van der Waals surface area contributed by atoms with Crippen LogP contribution in [0.4, 0.5) is 0 Å². The molecular weight excluding hydrogens is 420 g/mol. The van der Waals surface area contributed by atoms with E-state index in [0.29, 0.717) is 29.0 Å². The van der Waals surface area contributed by atoms with Crippen LogP contribution in [0.25, 0.3) is 5.65 Å². The van der Waals surface area contributed by atoms with Crippen LogP contribution in [0.5, 0.6) is 0 Å². The maximum atomic E-state index is 12.9. The smallest absolute Gasteiger partial charge is 0.206 e. The molecule has 0 bridgehead atoms. The lowest BCUT2D eigenvalue weighted by atomic mass is 10.0. The zero-order chi connectivity index (χ0) is 21.3. The third kappa shape index (κ3) is 3.88. The summed E-state index contributed by atoms with van der Waals surface area (Å²) < 4.78 is 27.7. The number of fused-ring (bicyclic) bond motifs is 1. The average Bonchev–Trinajstić information content (AvgIpc) is 3.22. The number of nitrogens with zero attached hydrogens (tertiary/aromatic N) is 2. The van der Waals surface area contributed by atoms with Crippen molar-refractivity contribution in [3.05, 3.63) is 94.9 Å². The summed E-state index contributed by atoms with van der Waals surface area (Å²) in [5.41, 5.74) is 2.84. The van der Waals surface area contributed by atoms with Gasteiger partial charge in [-0.05, 0) is 60.9 Å². The number of imidazole rings is 1. The molecule has 5 nitrogen and oxygen atoms in total. The minimum absolute atomic E-state index is 0.0249. The standard InChI is InChI=1S/C23H19ClN2O3S/c1-16-20(24)3-2-4-22(16)30(28,29)19-9-5-17(6-10-19)7-11-21(27)18-8-12-23-25-13-14-26(23)15-18/h2-6,8-10,12-15H,7,11H2,1H3. The molecule has 0 amide bonds. The van der Waals surface area contributed by atoms with E-state index in [4.69, 9.17) is 11.6 Å². The molecule has 0 aliphatic carbocycles. The first-order chi connectivity index (χ1) is 14.4. The average molecular weight is 439 g/mol. The monoisotopic (exact) mass is 438 g/mol. The second-order valence-corrected chi connectivity index (χ2v) is 9.37. The van der Waals surface area contributed by atoms with Crippen molar-refractivity contribution in [2.24, 2.45) is 0 Å². The fourth-order valence-corrected chi connectivity index (χ4v) is 5.08. The number of halogens is 1. The van der Waals surface area contributed by atoms with Gasteiger partial charge in [-0.2, -0.15) is 0 Å². The Hall–Kier alpha value is -2.96. The Kier molecular flexibility index (Phi) is 5.45. The highest BCUT2D eigenvalue weighted by atomic mass is 35.5. The molecule has 0 atom stereocenters. The summed E-state index contributed by atoms with van der Waals surface area (Å²) in [4.78, 5) is 17.1. The molecule has 0 fully saturated rings. The number of pyridine rings is 1. The number of Topliss-reactive ketones (excluding diaryl/α,β-unsaturated/α-hetero) is 1. The number of sulfone groups is 1. The normalized spacial score (nSPS) is 11.7. The summed E-state index contributed by atoms with van der Waals surface area (Å²) in [7, 11) is -3.66. The topological polar surface area (TPSA) is 68.5 Å². The molecule has 0 radical (unpaired) electrons. The molecule has 0 N–H and O–H groups in total. The molecule has 7 heteroatoms. The van der Waals surface area contributed by atoms with Crippen molar-refractivity contribution >= 4 is 32.9 Å². The van der Waals surface area contributed by atoms with Gasteiger partial charge in [-0.3, -0.25) is 4.79 Å². The molecular formula is C23H19ClN2O3S. The Labute approximate surface area is 179 Å². The van der Waals surface area contributed by atoms with E-state index >= 15 is 0 Å². The van der Waals surface area contributed by atoms with Gasteiger partial charge < -0.3 is 4.40 Å². The quantitative estimate of drug-likeness (QED) is 0.399. The van der Waals surface area contributed by atoms with Gasteiger partial charge in [0.25, 0.3) is 0 Å². The summed E-state index contributed by atoms with van der Waals surface area (Å²) in [6.45, 7) is 1.69. The molecule has 0 saturated heterocycles. The molecule has 0 aliphatic heterocycles. The zero-order valence-electron chi connectivity index (χ0n) is 16.2. The van der Waals surface area contributed by atoms with Crippen LogP contribution in [0.1, 0.15) is 27.9 Å². The maximum absolute atomic E-state index is 12.9. The number of carbonyl (C=O) groups excluding carboxylic acids is 1. The van der Waals surface area contributed by atoms with Crippen LogP contribution >= 0.6 is 11.6 Å². The molecule has 0 spiro atoms. The summed E-state index contributed by atoms with van der Waals surface area (Å²) in [6, 6.07) is 15.1. The predicted molar refractivity (Wildman–Crippen MR) is 116 cm³/mol. The van der Waals surface area contributed by atoms with E-state index in [1.54, 1.807) is 74.0 Å². The van der Waals surface area contributed by atoms with E-state index in [1.807, 2.05) is 10.5 Å². The van der Waals surface area contributed by atoms with E-state index in [1.165, 1.54) is 0 Å². The van der Waals surface area contributed by atoms with Crippen molar-refractivity contribution in [2.45, 2.75) is 29.6 Å². The highest BCUT2D eigenvalue weighted by Gasteiger charge is 2.21. The van der Waals surface area contributed by atoms with E-state index in [9.17, 15) is 13.2 Å². The second kappa shape index (κ2) is 8.05. The third-order valence-corrected chi connectivity index (χ3v) is 7.42. The van der Waals surface area contributed by atoms with Crippen molar-refractivity contribution in [1.29, 1.82) is 0 Å². The van der Waals surface area contributed by atoms with Gasteiger partial charge in [0.15, 0.2) is 5.78 Å². The maximum Gasteiger partial charge on any atom is 0.206 e. The van der Waals surface area contributed by atoms with Crippen LogP contribution in [0.2, 0.25) is 5.02 Å². The molecule has 0 saturated carbocycles. The Morgan fingerprint density at radius 3 is 2.60 bits per heavy atom. The Balaban J connectivity index is 1.48. The number of ketones is 1. The van der Waals surface area contributed by atoms with Crippen LogP contribution in [-0.2, 0) is 16.3 Å². The Bertz CT molecular complexity index is 1340. The zero-order valence-corrected chi connectivity index (χ0v) is 17.8. The number of carbonyl (C=O) groups is 1. The van der Waals surface area contributed by atoms with Crippen molar-refractivity contribution in [1.82, 2.24) is 9.38 Å². The van der Waals surface area contributed by atoms with Gasteiger partial charge in [-0.15, -0.1) is 0 Å². The van der Waals surface area contributed by atoms with Crippen LogP contribution < -0.4 is 0 Å². The van der Waals surface area contributed by atoms with Crippen molar-refractivity contribution in [3.63, 3.8) is 0 Å². The van der Waals surface area contributed by atoms with Crippen LogP contribution in [0, 0.1) is 6.92 Å². The minimum Gasteiger partial charge on any atom is -0.306 e. The first-order valence-corrected chi connectivity index (χ1v) is 11.3. The Morgan fingerprint density at radius 1 is 1.07 bits per heavy atom. The van der Waals surface area contributed by atoms with Crippen molar-refractivity contribution in [2.75, 3.05) is 0 Å².